The van der Waals surface area contributed by atoms with Crippen molar-refractivity contribution in [1.29, 1.82) is 0 Å². The number of ether oxygens (including phenoxy) is 1. The summed E-state index contributed by atoms with van der Waals surface area (Å²) in [7, 11) is 1.69. The molecule has 0 saturated heterocycles. The van der Waals surface area contributed by atoms with Crippen molar-refractivity contribution in [2.24, 2.45) is 0 Å². The van der Waals surface area contributed by atoms with E-state index < -0.39 is 0 Å². The van der Waals surface area contributed by atoms with E-state index in [1.165, 1.54) is 16.3 Å². The molecule has 0 saturated carbocycles. The molecule has 3 aromatic rings. The third-order valence-corrected chi connectivity index (χ3v) is 4.39. The molecule has 0 bridgehead atoms. The van der Waals surface area contributed by atoms with Gasteiger partial charge in [0.05, 0.1) is 13.7 Å². The van der Waals surface area contributed by atoms with Gasteiger partial charge in [-0.15, -0.1) is 0 Å². The summed E-state index contributed by atoms with van der Waals surface area (Å²) in [5.74, 6) is 1.28. The molecule has 0 aliphatic carbocycles. The van der Waals surface area contributed by atoms with E-state index >= 15 is 0 Å². The fourth-order valence-corrected chi connectivity index (χ4v) is 2.79. The summed E-state index contributed by atoms with van der Waals surface area (Å²) in [5.41, 5.74) is 3.32. The fraction of sp³-hybridized carbons (Fsp3) is 0.238. The lowest BCUT2D eigenvalue weighted by molar-refractivity contribution is 0.282. The lowest BCUT2D eigenvalue weighted by Crippen LogP contribution is -2.09. The zero-order valence-electron chi connectivity index (χ0n) is 14.1. The van der Waals surface area contributed by atoms with Gasteiger partial charge in [-0.2, -0.15) is 0 Å². The summed E-state index contributed by atoms with van der Waals surface area (Å²) in [6.07, 6.45) is 0. The van der Waals surface area contributed by atoms with Crippen molar-refractivity contribution in [1.82, 2.24) is 0 Å². The molecule has 3 rings (SSSR count). The number of fused-ring (bicyclic) bond motifs is 1. The Balaban J connectivity index is 1.69. The second kappa shape index (κ2) is 7.37. The predicted octanol–water partition coefficient (Wildman–Crippen LogP) is 4.56. The van der Waals surface area contributed by atoms with Gasteiger partial charge in [0.25, 0.3) is 0 Å². The third kappa shape index (κ3) is 3.69. The van der Waals surface area contributed by atoms with Crippen LogP contribution in [0.25, 0.3) is 10.8 Å². The molecule has 0 aromatic heterocycles. The van der Waals surface area contributed by atoms with Gasteiger partial charge < -0.3 is 15.2 Å². The van der Waals surface area contributed by atoms with Gasteiger partial charge >= 0.3 is 0 Å². The first kappa shape index (κ1) is 16.3. The Morgan fingerprint density at radius 2 is 1.67 bits per heavy atom. The topological polar surface area (TPSA) is 41.5 Å². The van der Waals surface area contributed by atoms with E-state index in [1.807, 2.05) is 30.3 Å². The van der Waals surface area contributed by atoms with Gasteiger partial charge in [0.15, 0.2) is 0 Å². The Hall–Kier alpha value is -2.52. The van der Waals surface area contributed by atoms with Crippen LogP contribution in [0.3, 0.4) is 0 Å². The van der Waals surface area contributed by atoms with Crippen LogP contribution in [0.1, 0.15) is 24.0 Å². The zero-order valence-corrected chi connectivity index (χ0v) is 14.1. The molecule has 0 amide bonds. The number of anilines is 1. The lowest BCUT2D eigenvalue weighted by Gasteiger charge is -2.15. The summed E-state index contributed by atoms with van der Waals surface area (Å²) in [5, 5.41) is 15.0. The Kier molecular flexibility index (Phi) is 5.02. The van der Waals surface area contributed by atoms with Crippen LogP contribution in [-0.4, -0.2) is 18.8 Å². The maximum atomic E-state index is 9.09. The van der Waals surface area contributed by atoms with Crippen LogP contribution in [0.2, 0.25) is 0 Å². The first-order valence-corrected chi connectivity index (χ1v) is 8.21. The van der Waals surface area contributed by atoms with Gasteiger partial charge in [-0.25, -0.2) is 0 Å². The molecule has 0 spiro atoms. The molecule has 3 nitrogen and oxygen atoms in total. The highest BCUT2D eigenvalue weighted by Crippen LogP contribution is 2.25. The molecular weight excluding hydrogens is 298 g/mol. The molecule has 0 radical (unpaired) electrons. The largest absolute Gasteiger partial charge is 0.497 e. The minimum absolute atomic E-state index is 0.0819. The number of nitrogens with one attached hydrogen (secondary N) is 1. The van der Waals surface area contributed by atoms with Crippen LogP contribution in [0.4, 0.5) is 5.69 Å². The maximum absolute atomic E-state index is 9.09. The summed E-state index contributed by atoms with van der Waals surface area (Å²) in [4.78, 5) is 0. The Labute approximate surface area is 142 Å². The highest BCUT2D eigenvalue weighted by molar-refractivity contribution is 5.84. The van der Waals surface area contributed by atoms with Crippen LogP contribution in [0, 0.1) is 0 Å². The Morgan fingerprint density at radius 1 is 0.958 bits per heavy atom. The molecule has 124 valence electrons. The summed E-state index contributed by atoms with van der Waals surface area (Å²) < 4.78 is 5.28. The fourth-order valence-electron chi connectivity index (χ4n) is 2.79. The van der Waals surface area contributed by atoms with E-state index in [2.05, 4.69) is 42.6 Å². The first-order chi connectivity index (χ1) is 11.7. The number of aliphatic hydroxyl groups excluding tert-OH is 1. The van der Waals surface area contributed by atoms with E-state index in [0.717, 1.165) is 23.5 Å². The van der Waals surface area contributed by atoms with Crippen molar-refractivity contribution >= 4 is 16.5 Å². The molecular formula is C21H23NO2. The monoisotopic (exact) mass is 321 g/mol. The predicted molar refractivity (Wildman–Crippen MR) is 99.8 cm³/mol. The number of methoxy groups -OCH3 is 1. The summed E-state index contributed by atoms with van der Waals surface area (Å²) >= 11 is 0. The molecule has 24 heavy (non-hydrogen) atoms. The molecule has 0 aliphatic rings. The van der Waals surface area contributed by atoms with Crippen LogP contribution in [-0.2, 0) is 6.61 Å². The number of rotatable bonds is 6. The van der Waals surface area contributed by atoms with E-state index in [-0.39, 0.29) is 6.61 Å². The maximum Gasteiger partial charge on any atom is 0.119 e. The molecule has 3 aromatic carbocycles. The first-order valence-electron chi connectivity index (χ1n) is 8.21. The molecule has 3 heteroatoms. The average molecular weight is 321 g/mol. The SMILES string of the molecule is COc1ccc2cc(C(C)CNc3ccc(CO)cc3)ccc2c1. The quantitative estimate of drug-likeness (QED) is 0.699. The highest BCUT2D eigenvalue weighted by Gasteiger charge is 2.07. The molecule has 0 fully saturated rings. The van der Waals surface area contributed by atoms with Gasteiger partial charge in [0, 0.05) is 12.2 Å². The van der Waals surface area contributed by atoms with Gasteiger partial charge in [-0.3, -0.25) is 0 Å². The Morgan fingerprint density at radius 3 is 2.38 bits per heavy atom. The van der Waals surface area contributed by atoms with E-state index in [4.69, 9.17) is 9.84 Å². The van der Waals surface area contributed by atoms with Crippen LogP contribution in [0.15, 0.2) is 60.7 Å². The van der Waals surface area contributed by atoms with Crippen LogP contribution < -0.4 is 10.1 Å². The van der Waals surface area contributed by atoms with Crippen molar-refractivity contribution < 1.29 is 9.84 Å². The normalized spacial score (nSPS) is 12.1. The molecule has 1 unspecified atom stereocenters. The summed E-state index contributed by atoms with van der Waals surface area (Å²) in [6.45, 7) is 3.17. The third-order valence-electron chi connectivity index (χ3n) is 4.39. The number of aliphatic hydroxyl groups is 1. The smallest absolute Gasteiger partial charge is 0.119 e. The molecule has 0 heterocycles. The van der Waals surface area contributed by atoms with Crippen molar-refractivity contribution in [3.63, 3.8) is 0 Å². The zero-order chi connectivity index (χ0) is 16.9. The van der Waals surface area contributed by atoms with Crippen molar-refractivity contribution in [3.8, 4) is 5.75 Å². The summed E-state index contributed by atoms with van der Waals surface area (Å²) in [6, 6.07) is 20.6. The Bertz CT molecular complexity index is 812. The molecule has 1 atom stereocenters. The van der Waals surface area contributed by atoms with Crippen molar-refractivity contribution in [2.75, 3.05) is 19.0 Å². The average Bonchev–Trinajstić information content (AvgIpc) is 2.65. The minimum Gasteiger partial charge on any atom is -0.497 e. The highest BCUT2D eigenvalue weighted by atomic mass is 16.5. The minimum atomic E-state index is 0.0819. The van der Waals surface area contributed by atoms with Crippen LogP contribution in [0.5, 0.6) is 5.75 Å². The number of hydrogen-bond donors (Lipinski definition) is 2. The molecule has 0 aliphatic heterocycles. The van der Waals surface area contributed by atoms with Gasteiger partial charge in [0.1, 0.15) is 5.75 Å². The van der Waals surface area contributed by atoms with Crippen LogP contribution >= 0.6 is 0 Å². The van der Waals surface area contributed by atoms with E-state index in [1.54, 1.807) is 7.11 Å². The van der Waals surface area contributed by atoms with Gasteiger partial charge in [-0.05, 0) is 52.1 Å². The number of benzene rings is 3. The van der Waals surface area contributed by atoms with E-state index in [0.29, 0.717) is 5.92 Å². The second-order valence-electron chi connectivity index (χ2n) is 6.11. The second-order valence-corrected chi connectivity index (χ2v) is 6.11. The van der Waals surface area contributed by atoms with Crippen molar-refractivity contribution in [2.45, 2.75) is 19.4 Å². The standard InChI is InChI=1S/C21H23NO2/c1-15(13-22-20-8-3-16(14-23)4-9-20)17-5-6-19-12-21(24-2)10-7-18(19)11-17/h3-12,15,22-23H,13-14H2,1-2H3. The molecule has 2 N–H and O–H groups in total. The number of hydrogen-bond acceptors (Lipinski definition) is 3. The van der Waals surface area contributed by atoms with Crippen molar-refractivity contribution in [3.05, 3.63) is 71.8 Å². The lowest BCUT2D eigenvalue weighted by atomic mass is 9.97. The van der Waals surface area contributed by atoms with Gasteiger partial charge in [-0.1, -0.05) is 43.3 Å². The van der Waals surface area contributed by atoms with E-state index in [9.17, 15) is 0 Å². The van der Waals surface area contributed by atoms with Gasteiger partial charge in [0.2, 0.25) is 0 Å².